The molecule has 2 fully saturated rings. The Morgan fingerprint density at radius 3 is 2.65 bits per heavy atom. The number of amidine groups is 1. The van der Waals surface area contributed by atoms with Crippen LogP contribution in [0.2, 0.25) is 5.02 Å². The van der Waals surface area contributed by atoms with Crippen LogP contribution in [0, 0.1) is 5.92 Å². The van der Waals surface area contributed by atoms with Crippen molar-refractivity contribution >= 4 is 35.2 Å². The molecule has 1 amide bonds. The number of likely N-dealkylation sites (tertiary alicyclic amines) is 1. The van der Waals surface area contributed by atoms with Gasteiger partial charge in [0.15, 0.2) is 0 Å². The minimum atomic E-state index is -0.327. The first-order valence-corrected chi connectivity index (χ1v) is 16.7. The van der Waals surface area contributed by atoms with Crippen LogP contribution < -0.4 is 16.2 Å². The number of ether oxygens (including phenoxy) is 1. The Bertz CT molecular complexity index is 1620. The van der Waals surface area contributed by atoms with E-state index in [9.17, 15) is 9.59 Å². The van der Waals surface area contributed by atoms with Crippen LogP contribution in [0.15, 0.2) is 65.2 Å². The van der Waals surface area contributed by atoms with Crippen LogP contribution in [-0.2, 0) is 16.1 Å². The molecular weight excluding hydrogens is 600 g/mol. The first-order valence-electron chi connectivity index (χ1n) is 16.3. The highest BCUT2D eigenvalue weighted by atomic mass is 35.5. The van der Waals surface area contributed by atoms with Gasteiger partial charge in [0.25, 0.3) is 5.56 Å². The Morgan fingerprint density at radius 1 is 1.20 bits per heavy atom. The zero-order valence-electron chi connectivity index (χ0n) is 27.1. The van der Waals surface area contributed by atoms with Crippen molar-refractivity contribution in [3.05, 3.63) is 76.3 Å². The van der Waals surface area contributed by atoms with Gasteiger partial charge < -0.3 is 20.3 Å². The third-order valence-corrected chi connectivity index (χ3v) is 9.45. The van der Waals surface area contributed by atoms with Gasteiger partial charge in [0, 0.05) is 71.4 Å². The molecule has 2 unspecified atom stereocenters. The summed E-state index contributed by atoms with van der Waals surface area (Å²) in [6.07, 6.45) is 9.88. The third kappa shape index (κ3) is 7.94. The summed E-state index contributed by atoms with van der Waals surface area (Å²) in [6.45, 7) is 11.0. The molecule has 244 valence electrons. The summed E-state index contributed by atoms with van der Waals surface area (Å²) in [5.74, 6) is 1.14. The Morgan fingerprint density at radius 2 is 2.00 bits per heavy atom. The second-order valence-electron chi connectivity index (χ2n) is 12.3. The molecule has 0 saturated carbocycles. The summed E-state index contributed by atoms with van der Waals surface area (Å²) in [6, 6.07) is 11.6. The number of nitrogens with one attached hydrogen (secondary N) is 2. The van der Waals surface area contributed by atoms with E-state index in [2.05, 4.69) is 48.0 Å². The number of hydrogen-bond acceptors (Lipinski definition) is 6. The van der Waals surface area contributed by atoms with Crippen molar-refractivity contribution in [1.82, 2.24) is 19.8 Å². The molecule has 1 aromatic carbocycles. The maximum atomic E-state index is 14.4. The SMILES string of the molecule is C=Cc1cc(-c2ccc(-c3cccnc3)cc2Cl)c(=O)n(CC(=O)NCC2CCCN2C)c1NC(=NC1CCOCC1)C(C)CC. The van der Waals surface area contributed by atoms with E-state index in [4.69, 9.17) is 21.3 Å². The Labute approximate surface area is 276 Å². The fourth-order valence-electron chi connectivity index (χ4n) is 6.05. The fourth-order valence-corrected chi connectivity index (χ4v) is 6.33. The molecule has 46 heavy (non-hydrogen) atoms. The highest BCUT2D eigenvalue weighted by molar-refractivity contribution is 6.33. The van der Waals surface area contributed by atoms with E-state index >= 15 is 0 Å². The number of hydrogen-bond donors (Lipinski definition) is 2. The smallest absolute Gasteiger partial charge is 0.260 e. The van der Waals surface area contributed by atoms with Crippen molar-refractivity contribution in [1.29, 1.82) is 0 Å². The van der Waals surface area contributed by atoms with Crippen LogP contribution in [0.4, 0.5) is 5.82 Å². The number of carbonyl (C=O) groups excluding carboxylic acids is 1. The van der Waals surface area contributed by atoms with Crippen LogP contribution >= 0.6 is 11.6 Å². The lowest BCUT2D eigenvalue weighted by Crippen LogP contribution is -2.41. The molecule has 0 radical (unpaired) electrons. The third-order valence-electron chi connectivity index (χ3n) is 9.14. The van der Waals surface area contributed by atoms with E-state index in [1.807, 2.05) is 30.3 Å². The Kier molecular flexibility index (Phi) is 11.4. The topological polar surface area (TPSA) is 101 Å². The van der Waals surface area contributed by atoms with Gasteiger partial charge in [-0.1, -0.05) is 56.3 Å². The summed E-state index contributed by atoms with van der Waals surface area (Å²) >= 11 is 6.85. The number of benzene rings is 1. The van der Waals surface area contributed by atoms with Gasteiger partial charge in [-0.25, -0.2) is 0 Å². The van der Waals surface area contributed by atoms with Gasteiger partial charge in [0.05, 0.1) is 6.04 Å². The number of aromatic nitrogens is 2. The number of anilines is 1. The molecule has 2 aromatic heterocycles. The number of carbonyl (C=O) groups is 1. The summed E-state index contributed by atoms with van der Waals surface area (Å²) < 4.78 is 7.06. The van der Waals surface area contributed by atoms with E-state index in [0.29, 0.717) is 47.3 Å². The standard InChI is InChI=1S/C36H45ClN6O3/c1-5-24(3)34(40-28-13-17-46-18-14-28)41-35-25(6-2)19-31(30-12-11-26(20-32(30)37)27-9-7-15-38-21-27)36(45)43(35)23-33(44)39-22-29-10-8-16-42(29)4/h6-7,9,11-12,15,19-21,24,28-29H,2,5,8,10,13-14,16-18,22-23H2,1,3-4H3,(H,39,44)(H,40,41). The normalized spacial score (nSPS) is 18.3. The average Bonchev–Trinajstić information content (AvgIpc) is 3.50. The van der Waals surface area contributed by atoms with Gasteiger partial charge in [0.1, 0.15) is 18.2 Å². The molecule has 0 aliphatic carbocycles. The van der Waals surface area contributed by atoms with Crippen molar-refractivity contribution < 1.29 is 9.53 Å². The van der Waals surface area contributed by atoms with Crippen LogP contribution in [-0.4, -0.2) is 71.6 Å². The predicted molar refractivity (Wildman–Crippen MR) is 187 cm³/mol. The van der Waals surface area contributed by atoms with Gasteiger partial charge in [-0.3, -0.25) is 24.1 Å². The molecule has 2 atom stereocenters. The molecule has 2 saturated heterocycles. The zero-order valence-corrected chi connectivity index (χ0v) is 27.9. The fraction of sp³-hybridized carbons (Fsp3) is 0.444. The van der Waals surface area contributed by atoms with Crippen molar-refractivity contribution in [3.8, 4) is 22.3 Å². The first-order chi connectivity index (χ1) is 22.3. The molecule has 4 heterocycles. The molecule has 5 rings (SSSR count). The highest BCUT2D eigenvalue weighted by Crippen LogP contribution is 2.33. The molecule has 2 aliphatic rings. The van der Waals surface area contributed by atoms with Crippen LogP contribution in [0.25, 0.3) is 28.3 Å². The van der Waals surface area contributed by atoms with Crippen LogP contribution in [0.1, 0.15) is 51.5 Å². The predicted octanol–water partition coefficient (Wildman–Crippen LogP) is 6.12. The number of rotatable bonds is 11. The molecule has 9 nitrogen and oxygen atoms in total. The Hall–Kier alpha value is -3.79. The van der Waals surface area contributed by atoms with E-state index < -0.39 is 0 Å². The van der Waals surface area contributed by atoms with Gasteiger partial charge in [0.2, 0.25) is 5.91 Å². The lowest BCUT2D eigenvalue weighted by molar-refractivity contribution is -0.121. The van der Waals surface area contributed by atoms with Crippen molar-refractivity contribution in [2.45, 2.75) is 64.6 Å². The van der Waals surface area contributed by atoms with Gasteiger partial charge in [-0.15, -0.1) is 0 Å². The molecule has 0 bridgehead atoms. The molecule has 2 aliphatic heterocycles. The first kappa shape index (κ1) is 33.6. The lowest BCUT2D eigenvalue weighted by atomic mass is 10.00. The van der Waals surface area contributed by atoms with Crippen molar-refractivity contribution in [2.24, 2.45) is 10.9 Å². The quantitative estimate of drug-likeness (QED) is 0.193. The number of likely N-dealkylation sites (N-methyl/N-ethyl adjacent to an activating group) is 1. The monoisotopic (exact) mass is 644 g/mol. The summed E-state index contributed by atoms with van der Waals surface area (Å²) in [7, 11) is 2.08. The molecule has 0 spiro atoms. The highest BCUT2D eigenvalue weighted by Gasteiger charge is 2.24. The average molecular weight is 645 g/mol. The lowest BCUT2D eigenvalue weighted by Gasteiger charge is -2.25. The maximum Gasteiger partial charge on any atom is 0.260 e. The van der Waals surface area contributed by atoms with Crippen LogP contribution in [0.3, 0.4) is 0 Å². The van der Waals surface area contributed by atoms with Gasteiger partial charge in [-0.2, -0.15) is 0 Å². The second kappa shape index (κ2) is 15.7. The number of amides is 1. The van der Waals surface area contributed by atoms with E-state index in [-0.39, 0.29) is 36.0 Å². The number of halogens is 1. The van der Waals surface area contributed by atoms with Crippen molar-refractivity contribution in [3.63, 3.8) is 0 Å². The number of aliphatic imine (C=N–C) groups is 1. The molecule has 3 aromatic rings. The molecule has 2 N–H and O–H groups in total. The summed E-state index contributed by atoms with van der Waals surface area (Å²) in [4.78, 5) is 39.4. The largest absolute Gasteiger partial charge is 0.381 e. The van der Waals surface area contributed by atoms with Crippen LogP contribution in [0.5, 0.6) is 0 Å². The molecule has 10 heteroatoms. The van der Waals surface area contributed by atoms with E-state index in [0.717, 1.165) is 55.6 Å². The van der Waals surface area contributed by atoms with Crippen molar-refractivity contribution in [2.75, 3.05) is 38.7 Å². The van der Waals surface area contributed by atoms with E-state index in [1.165, 1.54) is 4.57 Å². The summed E-state index contributed by atoms with van der Waals surface area (Å²) in [5, 5.41) is 7.01. The minimum Gasteiger partial charge on any atom is -0.381 e. The second-order valence-corrected chi connectivity index (χ2v) is 12.7. The zero-order chi connectivity index (χ0) is 32.6. The summed E-state index contributed by atoms with van der Waals surface area (Å²) in [5.41, 5.74) is 3.13. The molecular formula is C36H45ClN6O3. The van der Waals surface area contributed by atoms with Gasteiger partial charge in [-0.05, 0) is 69.5 Å². The maximum absolute atomic E-state index is 14.4. The number of nitrogens with zero attached hydrogens (tertiary/aromatic N) is 4. The van der Waals surface area contributed by atoms with Gasteiger partial charge >= 0.3 is 0 Å². The Balaban J connectivity index is 1.56. The minimum absolute atomic E-state index is 0.102. The number of pyridine rings is 2. The van der Waals surface area contributed by atoms with E-state index in [1.54, 1.807) is 24.5 Å².